The first kappa shape index (κ1) is 25.1. The summed E-state index contributed by atoms with van der Waals surface area (Å²) >= 11 is 0. The van der Waals surface area contributed by atoms with Crippen molar-refractivity contribution in [2.75, 3.05) is 65.4 Å². The highest BCUT2D eigenvalue weighted by atomic mass is 15.4. The Bertz CT molecular complexity index is 341. The maximum Gasteiger partial charge on any atom is 0.348 e. The van der Waals surface area contributed by atoms with Crippen molar-refractivity contribution in [2.45, 2.75) is 61.7 Å². The molecule has 0 heterocycles. The number of hydrogen-bond donors (Lipinski definition) is 3. The fourth-order valence-corrected chi connectivity index (χ4v) is 3.61. The van der Waals surface area contributed by atoms with Crippen molar-refractivity contribution in [3.63, 3.8) is 0 Å². The molecule has 0 fully saturated rings. The van der Waals surface area contributed by atoms with Crippen LogP contribution in [0.15, 0.2) is 0 Å². The van der Waals surface area contributed by atoms with Crippen LogP contribution in [0.25, 0.3) is 0 Å². The third kappa shape index (κ3) is 7.80. The molecular formula is C20H48N6+2. The summed E-state index contributed by atoms with van der Waals surface area (Å²) in [6, 6.07) is 0. The number of quaternary nitrogens is 1. The van der Waals surface area contributed by atoms with E-state index in [9.17, 15) is 0 Å². The van der Waals surface area contributed by atoms with E-state index in [2.05, 4.69) is 80.4 Å². The van der Waals surface area contributed by atoms with Crippen molar-refractivity contribution in [1.82, 2.24) is 20.4 Å². The largest absolute Gasteiger partial charge is 0.348 e. The van der Waals surface area contributed by atoms with Gasteiger partial charge in [0.25, 0.3) is 0 Å². The SMILES string of the molecule is CCN(CC)C(NCCNC(N(CC)CC)[NH+](CC)CC)=[N+](CC)CC. The van der Waals surface area contributed by atoms with Crippen LogP contribution in [-0.2, 0) is 0 Å². The molecule has 0 spiro atoms. The third-order valence-corrected chi connectivity index (χ3v) is 5.34. The molecule has 0 aliphatic rings. The Morgan fingerprint density at radius 3 is 1.73 bits per heavy atom. The predicted octanol–water partition coefficient (Wildman–Crippen LogP) is 0.466. The van der Waals surface area contributed by atoms with Gasteiger partial charge in [-0.05, 0) is 41.5 Å². The fourth-order valence-electron chi connectivity index (χ4n) is 3.61. The number of hydrogen-bond acceptors (Lipinski definition) is 2. The second kappa shape index (κ2) is 15.2. The zero-order chi connectivity index (χ0) is 19.9. The van der Waals surface area contributed by atoms with Crippen LogP contribution in [0, 0.1) is 0 Å². The summed E-state index contributed by atoms with van der Waals surface area (Å²) in [6.45, 7) is 28.5. The Labute approximate surface area is 163 Å². The summed E-state index contributed by atoms with van der Waals surface area (Å²) in [7, 11) is 0. The van der Waals surface area contributed by atoms with Crippen LogP contribution >= 0.6 is 0 Å². The average molecular weight is 373 g/mol. The summed E-state index contributed by atoms with van der Waals surface area (Å²) in [5.74, 6) is 1.27. The molecule has 0 aromatic heterocycles. The Kier molecular flexibility index (Phi) is 14.7. The smallest absolute Gasteiger partial charge is 0.307 e. The molecule has 3 N–H and O–H groups in total. The van der Waals surface area contributed by atoms with E-state index >= 15 is 0 Å². The highest BCUT2D eigenvalue weighted by molar-refractivity contribution is 5.75. The third-order valence-electron chi connectivity index (χ3n) is 5.34. The summed E-state index contributed by atoms with van der Waals surface area (Å²) in [4.78, 5) is 6.55. The molecular weight excluding hydrogens is 324 g/mol. The Balaban J connectivity index is 4.93. The fraction of sp³-hybridized carbons (Fsp3) is 0.950. The molecule has 0 saturated heterocycles. The van der Waals surface area contributed by atoms with Gasteiger partial charge in [-0.15, -0.1) is 0 Å². The van der Waals surface area contributed by atoms with E-state index in [0.29, 0.717) is 6.29 Å². The van der Waals surface area contributed by atoms with Gasteiger partial charge in [0.05, 0.1) is 45.8 Å². The maximum atomic E-state index is 3.80. The van der Waals surface area contributed by atoms with E-state index in [-0.39, 0.29) is 0 Å². The topological polar surface area (TPSA) is 38.0 Å². The van der Waals surface area contributed by atoms with Crippen LogP contribution in [0.1, 0.15) is 55.4 Å². The van der Waals surface area contributed by atoms with Gasteiger partial charge in [-0.3, -0.25) is 20.1 Å². The highest BCUT2D eigenvalue weighted by Gasteiger charge is 2.24. The minimum absolute atomic E-state index is 0.396. The molecule has 1 atom stereocenters. The second-order valence-electron chi connectivity index (χ2n) is 6.54. The van der Waals surface area contributed by atoms with E-state index in [1.807, 2.05) is 0 Å². The standard InChI is InChI=1S/C20H46N6/c1-9-23(10-2)19(24(11-3)12-4)21-17-18-22-20(25(13-5)14-6)26(15-7)16-8/h19,21H,9-18H2,1-8H3/p+2. The molecule has 0 aliphatic carbocycles. The lowest BCUT2D eigenvalue weighted by atomic mass is 10.4. The van der Waals surface area contributed by atoms with Crippen LogP contribution < -0.4 is 15.5 Å². The molecule has 0 aliphatic heterocycles. The first-order valence-corrected chi connectivity index (χ1v) is 11.0. The molecule has 156 valence electrons. The second-order valence-corrected chi connectivity index (χ2v) is 6.54. The number of rotatable bonds is 14. The van der Waals surface area contributed by atoms with Gasteiger partial charge in [0.1, 0.15) is 0 Å². The number of nitrogens with zero attached hydrogens (tertiary/aromatic N) is 3. The molecule has 6 heteroatoms. The van der Waals surface area contributed by atoms with Crippen LogP contribution in [0.3, 0.4) is 0 Å². The number of guanidine groups is 1. The van der Waals surface area contributed by atoms with Crippen molar-refractivity contribution in [3.05, 3.63) is 0 Å². The van der Waals surface area contributed by atoms with E-state index in [1.165, 1.54) is 5.96 Å². The van der Waals surface area contributed by atoms with Crippen molar-refractivity contribution < 1.29 is 9.48 Å². The number of nitrogens with one attached hydrogen (secondary N) is 3. The molecule has 1 unspecified atom stereocenters. The lowest BCUT2D eigenvalue weighted by molar-refractivity contribution is -0.937. The first-order valence-electron chi connectivity index (χ1n) is 11.0. The van der Waals surface area contributed by atoms with E-state index < -0.39 is 0 Å². The van der Waals surface area contributed by atoms with Gasteiger partial charge in [-0.25, -0.2) is 4.90 Å². The molecule has 0 aromatic rings. The minimum atomic E-state index is 0.396. The molecule has 26 heavy (non-hydrogen) atoms. The Morgan fingerprint density at radius 2 is 1.35 bits per heavy atom. The van der Waals surface area contributed by atoms with Gasteiger partial charge in [0.15, 0.2) is 0 Å². The van der Waals surface area contributed by atoms with Gasteiger partial charge in [-0.1, -0.05) is 13.8 Å². The first-order chi connectivity index (χ1) is 12.6. The van der Waals surface area contributed by atoms with Gasteiger partial charge in [-0.2, -0.15) is 0 Å². The molecule has 0 amide bonds. The Hall–Kier alpha value is -0.850. The van der Waals surface area contributed by atoms with Crippen LogP contribution in [-0.4, -0.2) is 92.1 Å². The summed E-state index contributed by atoms with van der Waals surface area (Å²) in [6.07, 6.45) is 0.396. The van der Waals surface area contributed by atoms with Crippen molar-refractivity contribution in [3.8, 4) is 0 Å². The van der Waals surface area contributed by atoms with Gasteiger partial charge < -0.3 is 4.90 Å². The monoisotopic (exact) mass is 372 g/mol. The quantitative estimate of drug-likeness (QED) is 0.136. The highest BCUT2D eigenvalue weighted by Crippen LogP contribution is 1.92. The minimum Gasteiger partial charge on any atom is -0.307 e. The summed E-state index contributed by atoms with van der Waals surface area (Å²) in [5, 5.41) is 7.51. The van der Waals surface area contributed by atoms with Crippen LogP contribution in [0.2, 0.25) is 0 Å². The molecule has 0 rings (SSSR count). The zero-order valence-corrected chi connectivity index (χ0v) is 19.0. The molecule has 0 radical (unpaired) electrons. The van der Waals surface area contributed by atoms with Gasteiger partial charge in [0, 0.05) is 19.6 Å². The van der Waals surface area contributed by atoms with E-state index in [0.717, 1.165) is 65.4 Å². The zero-order valence-electron chi connectivity index (χ0n) is 19.0. The lowest BCUT2D eigenvalue weighted by Gasteiger charge is -2.35. The van der Waals surface area contributed by atoms with E-state index in [4.69, 9.17) is 0 Å². The molecule has 0 aromatic carbocycles. The molecule has 0 bridgehead atoms. The molecule has 6 nitrogen and oxygen atoms in total. The van der Waals surface area contributed by atoms with Crippen LogP contribution in [0.5, 0.6) is 0 Å². The lowest BCUT2D eigenvalue weighted by Crippen LogP contribution is -3.19. The normalized spacial score (nSPS) is 12.5. The maximum absolute atomic E-state index is 3.80. The predicted molar refractivity (Wildman–Crippen MR) is 114 cm³/mol. The summed E-state index contributed by atoms with van der Waals surface area (Å²) in [5.41, 5.74) is 0. The van der Waals surface area contributed by atoms with Crippen molar-refractivity contribution in [1.29, 1.82) is 0 Å². The van der Waals surface area contributed by atoms with Gasteiger partial charge in [0.2, 0.25) is 6.29 Å². The van der Waals surface area contributed by atoms with Crippen molar-refractivity contribution >= 4 is 5.96 Å². The van der Waals surface area contributed by atoms with E-state index in [1.54, 1.807) is 4.90 Å². The van der Waals surface area contributed by atoms with Crippen LogP contribution in [0.4, 0.5) is 0 Å². The Morgan fingerprint density at radius 1 is 0.808 bits per heavy atom. The summed E-state index contributed by atoms with van der Waals surface area (Å²) < 4.78 is 2.42. The van der Waals surface area contributed by atoms with Crippen molar-refractivity contribution in [2.24, 2.45) is 0 Å². The average Bonchev–Trinajstić information content (AvgIpc) is 2.67. The van der Waals surface area contributed by atoms with Gasteiger partial charge >= 0.3 is 5.96 Å². The molecule has 0 saturated carbocycles.